The SMILES string of the molecule is COC(=O)[C@@H]1[C@H](c2ccc(Cl)cc2)c2sc(=O)[nH]c2S[C@@H]1C(=O)OC. The summed E-state index contributed by atoms with van der Waals surface area (Å²) in [5, 5.41) is 0.303. The third-order valence-electron chi connectivity index (χ3n) is 3.99. The van der Waals surface area contributed by atoms with E-state index in [2.05, 4.69) is 4.98 Å². The minimum Gasteiger partial charge on any atom is -0.469 e. The summed E-state index contributed by atoms with van der Waals surface area (Å²) in [5.41, 5.74) is 0.769. The molecule has 2 aromatic rings. The number of ether oxygens (including phenoxy) is 2. The molecule has 0 radical (unpaired) electrons. The van der Waals surface area contributed by atoms with Crippen molar-refractivity contribution in [2.45, 2.75) is 16.2 Å². The molecule has 3 atom stereocenters. The van der Waals surface area contributed by atoms with Crippen molar-refractivity contribution in [2.75, 3.05) is 14.2 Å². The van der Waals surface area contributed by atoms with Crippen LogP contribution in [0.5, 0.6) is 0 Å². The Labute approximate surface area is 156 Å². The molecule has 1 aliphatic heterocycles. The highest BCUT2D eigenvalue weighted by molar-refractivity contribution is 8.00. The van der Waals surface area contributed by atoms with Crippen molar-refractivity contribution in [1.29, 1.82) is 0 Å². The maximum absolute atomic E-state index is 12.5. The Morgan fingerprint density at radius 1 is 1.12 bits per heavy atom. The van der Waals surface area contributed by atoms with Crippen LogP contribution in [0, 0.1) is 5.92 Å². The number of halogens is 1. The lowest BCUT2D eigenvalue weighted by Crippen LogP contribution is -2.40. The number of esters is 2. The number of thioether (sulfide) groups is 1. The number of hydrogen-bond acceptors (Lipinski definition) is 7. The molecule has 0 spiro atoms. The lowest BCUT2D eigenvalue weighted by molar-refractivity contribution is -0.151. The Morgan fingerprint density at radius 2 is 1.76 bits per heavy atom. The first-order valence-electron chi connectivity index (χ1n) is 7.27. The standard InChI is InChI=1S/C16H14ClNO5S2/c1-22-14(19)10-9(7-3-5-8(17)6-4-7)11-13(18-16(21)25-11)24-12(10)15(20)23-2/h3-6,9-10,12H,1-2H3,(H,18,21)/t9-,10+,12-/m0/s1. The van der Waals surface area contributed by atoms with E-state index < -0.39 is 29.0 Å². The molecule has 0 saturated carbocycles. The molecule has 6 nitrogen and oxygen atoms in total. The first-order chi connectivity index (χ1) is 12.0. The van der Waals surface area contributed by atoms with Gasteiger partial charge in [0.1, 0.15) is 5.25 Å². The molecule has 0 aliphatic carbocycles. The summed E-state index contributed by atoms with van der Waals surface area (Å²) < 4.78 is 9.80. The molecule has 0 saturated heterocycles. The number of carbonyl (C=O) groups excluding carboxylic acids is 2. The number of fused-ring (bicyclic) bond motifs is 1. The van der Waals surface area contributed by atoms with Gasteiger partial charge in [-0.25, -0.2) is 0 Å². The van der Waals surface area contributed by atoms with Gasteiger partial charge >= 0.3 is 16.8 Å². The number of aromatic nitrogens is 1. The van der Waals surface area contributed by atoms with Gasteiger partial charge in [-0.05, 0) is 17.7 Å². The Bertz CT molecular complexity index is 860. The molecule has 9 heteroatoms. The molecule has 1 aromatic heterocycles. The van der Waals surface area contributed by atoms with Crippen LogP contribution in [0.15, 0.2) is 34.1 Å². The molecule has 0 bridgehead atoms. The van der Waals surface area contributed by atoms with Gasteiger partial charge in [-0.15, -0.1) is 0 Å². The number of nitrogens with one attached hydrogen (secondary N) is 1. The average Bonchev–Trinajstić information content (AvgIpc) is 2.99. The molecule has 1 aliphatic rings. The van der Waals surface area contributed by atoms with E-state index in [9.17, 15) is 14.4 Å². The van der Waals surface area contributed by atoms with E-state index in [1.54, 1.807) is 24.3 Å². The van der Waals surface area contributed by atoms with Crippen LogP contribution in [0.1, 0.15) is 16.4 Å². The first-order valence-corrected chi connectivity index (χ1v) is 9.34. The van der Waals surface area contributed by atoms with Gasteiger partial charge in [-0.2, -0.15) is 0 Å². The third-order valence-corrected chi connectivity index (χ3v) is 6.63. The third kappa shape index (κ3) is 3.33. The number of rotatable bonds is 3. The van der Waals surface area contributed by atoms with Crippen molar-refractivity contribution in [3.8, 4) is 0 Å². The summed E-state index contributed by atoms with van der Waals surface area (Å²) in [6, 6.07) is 6.97. The van der Waals surface area contributed by atoms with Crippen molar-refractivity contribution < 1.29 is 19.1 Å². The zero-order chi connectivity index (χ0) is 18.1. The molecule has 1 aromatic carbocycles. The molecule has 0 fully saturated rings. The summed E-state index contributed by atoms with van der Waals surface area (Å²) >= 11 is 8.10. The van der Waals surface area contributed by atoms with Crippen LogP contribution in [-0.2, 0) is 19.1 Å². The van der Waals surface area contributed by atoms with E-state index in [0.29, 0.717) is 14.9 Å². The quantitative estimate of drug-likeness (QED) is 0.798. The minimum absolute atomic E-state index is 0.245. The van der Waals surface area contributed by atoms with Crippen LogP contribution in [-0.4, -0.2) is 36.4 Å². The highest BCUT2D eigenvalue weighted by Crippen LogP contribution is 2.49. The second-order valence-corrected chi connectivity index (χ2v) is 7.95. The average molecular weight is 400 g/mol. The Hall–Kier alpha value is -1.77. The van der Waals surface area contributed by atoms with Crippen molar-refractivity contribution in [3.05, 3.63) is 49.4 Å². The number of aromatic amines is 1. The smallest absolute Gasteiger partial charge is 0.320 e. The zero-order valence-electron chi connectivity index (χ0n) is 13.3. The number of thiazole rings is 1. The lowest BCUT2D eigenvalue weighted by Gasteiger charge is -2.33. The molecular weight excluding hydrogens is 386 g/mol. The van der Waals surface area contributed by atoms with E-state index in [1.165, 1.54) is 14.2 Å². The van der Waals surface area contributed by atoms with E-state index in [4.69, 9.17) is 21.1 Å². The number of carbonyl (C=O) groups is 2. The van der Waals surface area contributed by atoms with Crippen LogP contribution < -0.4 is 4.87 Å². The fourth-order valence-corrected chi connectivity index (χ4v) is 5.51. The van der Waals surface area contributed by atoms with Gasteiger partial charge in [0.05, 0.1) is 25.2 Å². The Balaban J connectivity index is 2.20. The predicted molar refractivity (Wildman–Crippen MR) is 95.4 cm³/mol. The molecule has 0 unspecified atom stereocenters. The van der Waals surface area contributed by atoms with Gasteiger partial charge in [0.2, 0.25) is 0 Å². The maximum atomic E-state index is 12.5. The van der Waals surface area contributed by atoms with Gasteiger partial charge in [0.15, 0.2) is 0 Å². The maximum Gasteiger partial charge on any atom is 0.320 e. The van der Waals surface area contributed by atoms with Crippen molar-refractivity contribution in [1.82, 2.24) is 4.98 Å². The highest BCUT2D eigenvalue weighted by atomic mass is 35.5. The summed E-state index contributed by atoms with van der Waals surface area (Å²) in [4.78, 5) is 39.9. The number of H-pyrrole nitrogens is 1. The van der Waals surface area contributed by atoms with Crippen LogP contribution in [0.25, 0.3) is 0 Å². The highest BCUT2D eigenvalue weighted by Gasteiger charge is 2.48. The van der Waals surface area contributed by atoms with Crippen LogP contribution in [0.2, 0.25) is 5.02 Å². The van der Waals surface area contributed by atoms with Crippen molar-refractivity contribution in [3.63, 3.8) is 0 Å². The molecule has 25 heavy (non-hydrogen) atoms. The van der Waals surface area contributed by atoms with E-state index in [-0.39, 0.29) is 4.87 Å². The lowest BCUT2D eigenvalue weighted by atomic mass is 9.82. The zero-order valence-corrected chi connectivity index (χ0v) is 15.7. The Kier molecular flexibility index (Phi) is 5.21. The normalized spacial score (nSPS) is 22.1. The Morgan fingerprint density at radius 3 is 2.36 bits per heavy atom. The summed E-state index contributed by atoms with van der Waals surface area (Å²) in [6.07, 6.45) is 0. The van der Waals surface area contributed by atoms with Crippen molar-refractivity contribution >= 4 is 46.6 Å². The van der Waals surface area contributed by atoms with Crippen LogP contribution in [0.3, 0.4) is 0 Å². The monoisotopic (exact) mass is 399 g/mol. The van der Waals surface area contributed by atoms with Gasteiger partial charge in [0.25, 0.3) is 0 Å². The van der Waals surface area contributed by atoms with Crippen LogP contribution in [0.4, 0.5) is 0 Å². The van der Waals surface area contributed by atoms with E-state index in [0.717, 1.165) is 28.7 Å². The molecule has 3 rings (SSSR count). The number of benzene rings is 1. The number of hydrogen-bond donors (Lipinski definition) is 1. The number of methoxy groups -OCH3 is 2. The first kappa shape index (κ1) is 18.0. The van der Waals surface area contributed by atoms with Gasteiger partial charge in [-0.3, -0.25) is 14.4 Å². The fraction of sp³-hybridized carbons (Fsp3) is 0.312. The van der Waals surface area contributed by atoms with Crippen LogP contribution >= 0.6 is 34.7 Å². The molecular formula is C16H14ClNO5S2. The van der Waals surface area contributed by atoms with E-state index in [1.807, 2.05) is 0 Å². The largest absolute Gasteiger partial charge is 0.469 e. The summed E-state index contributed by atoms with van der Waals surface area (Å²) in [7, 11) is 2.54. The van der Waals surface area contributed by atoms with Gasteiger partial charge in [0, 0.05) is 15.8 Å². The fourth-order valence-electron chi connectivity index (χ4n) is 2.89. The molecule has 132 valence electrons. The summed E-state index contributed by atoms with van der Waals surface area (Å²) in [5.74, 6) is -2.40. The van der Waals surface area contributed by atoms with Crippen molar-refractivity contribution in [2.24, 2.45) is 5.92 Å². The second kappa shape index (κ2) is 7.23. The topological polar surface area (TPSA) is 85.5 Å². The molecule has 1 N–H and O–H groups in total. The predicted octanol–water partition coefficient (Wildman–Crippen LogP) is 2.66. The second-order valence-electron chi connectivity index (χ2n) is 5.35. The molecule has 0 amide bonds. The molecule has 2 heterocycles. The van der Waals surface area contributed by atoms with E-state index >= 15 is 0 Å². The van der Waals surface area contributed by atoms with Gasteiger partial charge in [-0.1, -0.05) is 46.8 Å². The minimum atomic E-state index is -0.823. The van der Waals surface area contributed by atoms with Gasteiger partial charge < -0.3 is 14.5 Å². The summed E-state index contributed by atoms with van der Waals surface area (Å²) in [6.45, 7) is 0.